The smallest absolute Gasteiger partial charge is 0.337 e. The van der Waals surface area contributed by atoms with E-state index in [1.807, 2.05) is 6.07 Å². The minimum atomic E-state index is -0.372. The van der Waals surface area contributed by atoms with Gasteiger partial charge in [-0.15, -0.1) is 10.2 Å². The number of ether oxygens (including phenoxy) is 1. The van der Waals surface area contributed by atoms with Crippen molar-refractivity contribution in [2.24, 2.45) is 0 Å². The second kappa shape index (κ2) is 4.65. The summed E-state index contributed by atoms with van der Waals surface area (Å²) >= 11 is 0. The Labute approximate surface area is 114 Å². The molecule has 6 heteroatoms. The van der Waals surface area contributed by atoms with Crippen molar-refractivity contribution in [3.63, 3.8) is 0 Å². The molecule has 1 heterocycles. The first-order chi connectivity index (χ1) is 9.67. The van der Waals surface area contributed by atoms with Crippen molar-refractivity contribution in [1.82, 2.24) is 15.0 Å². The topological polar surface area (TPSA) is 83.0 Å². The molecule has 2 aromatic carbocycles. The number of nitrogens with zero attached hydrogens (tertiary/aromatic N) is 3. The maximum Gasteiger partial charge on any atom is 0.337 e. The number of aromatic nitrogens is 3. The Hall–Kier alpha value is -2.89. The van der Waals surface area contributed by atoms with Crippen LogP contribution < -0.4 is 5.73 Å². The zero-order valence-corrected chi connectivity index (χ0v) is 10.8. The fourth-order valence-electron chi connectivity index (χ4n) is 1.90. The van der Waals surface area contributed by atoms with Gasteiger partial charge in [0.15, 0.2) is 0 Å². The first kappa shape index (κ1) is 12.2. The van der Waals surface area contributed by atoms with Crippen molar-refractivity contribution in [2.45, 2.75) is 0 Å². The van der Waals surface area contributed by atoms with Crippen LogP contribution in [0.25, 0.3) is 16.7 Å². The van der Waals surface area contributed by atoms with Gasteiger partial charge in [-0.1, -0.05) is 0 Å². The van der Waals surface area contributed by atoms with Crippen molar-refractivity contribution in [3.8, 4) is 5.69 Å². The molecule has 20 heavy (non-hydrogen) atoms. The summed E-state index contributed by atoms with van der Waals surface area (Å²) in [4.78, 5) is 12.9. The number of carbonyl (C=O) groups is 1. The van der Waals surface area contributed by atoms with Crippen LogP contribution >= 0.6 is 0 Å². The summed E-state index contributed by atoms with van der Waals surface area (Å²) in [6.07, 6.45) is 0. The SMILES string of the molecule is COC(=O)c1ccc(-n2nc3ccc(N)cc3n2)cc1. The summed E-state index contributed by atoms with van der Waals surface area (Å²) in [6.45, 7) is 0. The minimum Gasteiger partial charge on any atom is -0.465 e. The molecule has 0 bridgehead atoms. The van der Waals surface area contributed by atoms with Crippen LogP contribution in [-0.4, -0.2) is 28.1 Å². The quantitative estimate of drug-likeness (QED) is 0.566. The van der Waals surface area contributed by atoms with Crippen LogP contribution in [0.4, 0.5) is 5.69 Å². The van der Waals surface area contributed by atoms with Gasteiger partial charge in [-0.05, 0) is 42.5 Å². The summed E-state index contributed by atoms with van der Waals surface area (Å²) in [5.74, 6) is -0.372. The molecule has 0 saturated carbocycles. The van der Waals surface area contributed by atoms with E-state index in [-0.39, 0.29) is 5.97 Å². The third-order valence-electron chi connectivity index (χ3n) is 2.92. The molecule has 3 aromatic rings. The molecule has 0 aliphatic heterocycles. The lowest BCUT2D eigenvalue weighted by molar-refractivity contribution is 0.0600. The lowest BCUT2D eigenvalue weighted by atomic mass is 10.2. The van der Waals surface area contributed by atoms with E-state index in [0.29, 0.717) is 11.3 Å². The molecule has 0 saturated heterocycles. The lowest BCUT2D eigenvalue weighted by Crippen LogP contribution is -2.03. The normalized spacial score (nSPS) is 10.7. The van der Waals surface area contributed by atoms with Crippen LogP contribution in [0.1, 0.15) is 10.4 Å². The average molecular weight is 268 g/mol. The molecule has 0 fully saturated rings. The van der Waals surface area contributed by atoms with Crippen molar-refractivity contribution < 1.29 is 9.53 Å². The number of anilines is 1. The van der Waals surface area contributed by atoms with Gasteiger partial charge < -0.3 is 10.5 Å². The summed E-state index contributed by atoms with van der Waals surface area (Å²) < 4.78 is 4.65. The van der Waals surface area contributed by atoms with Gasteiger partial charge in [0.25, 0.3) is 0 Å². The fourth-order valence-corrected chi connectivity index (χ4v) is 1.90. The van der Waals surface area contributed by atoms with Crippen LogP contribution in [0.5, 0.6) is 0 Å². The highest BCUT2D eigenvalue weighted by Crippen LogP contribution is 2.16. The number of nitrogens with two attached hydrogens (primary N) is 1. The van der Waals surface area contributed by atoms with Crippen LogP contribution in [0.3, 0.4) is 0 Å². The van der Waals surface area contributed by atoms with Gasteiger partial charge in [0.2, 0.25) is 0 Å². The summed E-state index contributed by atoms with van der Waals surface area (Å²) in [5.41, 5.74) is 9.08. The standard InChI is InChI=1S/C14H12N4O2/c1-20-14(19)9-2-5-11(6-3-9)18-16-12-7-4-10(15)8-13(12)17-18/h2-8H,15H2,1H3. The minimum absolute atomic E-state index is 0.372. The van der Waals surface area contributed by atoms with Gasteiger partial charge in [-0.3, -0.25) is 0 Å². The van der Waals surface area contributed by atoms with Crippen LogP contribution in [0, 0.1) is 0 Å². The van der Waals surface area contributed by atoms with E-state index in [0.717, 1.165) is 16.7 Å². The van der Waals surface area contributed by atoms with E-state index >= 15 is 0 Å². The van der Waals surface area contributed by atoms with Gasteiger partial charge >= 0.3 is 5.97 Å². The molecule has 0 aliphatic rings. The highest BCUT2D eigenvalue weighted by molar-refractivity contribution is 5.89. The third kappa shape index (κ3) is 2.07. The van der Waals surface area contributed by atoms with Gasteiger partial charge in [-0.25, -0.2) is 4.79 Å². The molecule has 0 aliphatic carbocycles. The van der Waals surface area contributed by atoms with Crippen LogP contribution in [-0.2, 0) is 4.74 Å². The summed E-state index contributed by atoms with van der Waals surface area (Å²) in [6, 6.07) is 12.2. The number of rotatable bonds is 2. The van der Waals surface area contributed by atoms with E-state index < -0.39 is 0 Å². The number of benzene rings is 2. The highest BCUT2D eigenvalue weighted by Gasteiger charge is 2.07. The number of nitrogen functional groups attached to an aromatic ring is 1. The molecule has 2 N–H and O–H groups in total. The fraction of sp³-hybridized carbons (Fsp3) is 0.0714. The van der Waals surface area contributed by atoms with Crippen molar-refractivity contribution in [3.05, 3.63) is 48.0 Å². The Morgan fingerprint density at radius 1 is 1.10 bits per heavy atom. The number of esters is 1. The zero-order valence-electron chi connectivity index (χ0n) is 10.8. The molecule has 3 rings (SSSR count). The van der Waals surface area contributed by atoms with Crippen molar-refractivity contribution >= 4 is 22.7 Å². The number of methoxy groups -OCH3 is 1. The molecule has 6 nitrogen and oxygen atoms in total. The maximum absolute atomic E-state index is 11.4. The Balaban J connectivity index is 2.00. The molecule has 0 unspecified atom stereocenters. The second-order valence-electron chi connectivity index (χ2n) is 4.28. The second-order valence-corrected chi connectivity index (χ2v) is 4.28. The molecule has 0 radical (unpaired) electrons. The summed E-state index contributed by atoms with van der Waals surface area (Å²) in [7, 11) is 1.35. The van der Waals surface area contributed by atoms with Crippen LogP contribution in [0.2, 0.25) is 0 Å². The monoisotopic (exact) mass is 268 g/mol. The number of fused-ring (bicyclic) bond motifs is 1. The Bertz CT molecular complexity index is 777. The molecule has 0 spiro atoms. The average Bonchev–Trinajstić information content (AvgIpc) is 2.89. The molecule has 0 atom stereocenters. The third-order valence-corrected chi connectivity index (χ3v) is 2.92. The van der Waals surface area contributed by atoms with E-state index in [2.05, 4.69) is 14.9 Å². The number of hydrogen-bond acceptors (Lipinski definition) is 5. The predicted octanol–water partition coefficient (Wildman–Crippen LogP) is 1.79. The Morgan fingerprint density at radius 3 is 2.50 bits per heavy atom. The first-order valence-corrected chi connectivity index (χ1v) is 5.99. The molecule has 100 valence electrons. The molecule has 1 aromatic heterocycles. The van der Waals surface area contributed by atoms with E-state index in [1.165, 1.54) is 11.9 Å². The maximum atomic E-state index is 11.4. The van der Waals surface area contributed by atoms with Gasteiger partial charge in [-0.2, -0.15) is 4.80 Å². The molecular formula is C14H12N4O2. The largest absolute Gasteiger partial charge is 0.465 e. The van der Waals surface area contributed by atoms with Crippen molar-refractivity contribution in [1.29, 1.82) is 0 Å². The highest BCUT2D eigenvalue weighted by atomic mass is 16.5. The lowest BCUT2D eigenvalue weighted by Gasteiger charge is -2.01. The number of hydrogen-bond donors (Lipinski definition) is 1. The Morgan fingerprint density at radius 2 is 1.80 bits per heavy atom. The first-order valence-electron chi connectivity index (χ1n) is 5.99. The van der Waals surface area contributed by atoms with E-state index in [9.17, 15) is 4.79 Å². The van der Waals surface area contributed by atoms with E-state index in [1.54, 1.807) is 36.4 Å². The predicted molar refractivity (Wildman–Crippen MR) is 74.6 cm³/mol. The van der Waals surface area contributed by atoms with Crippen LogP contribution in [0.15, 0.2) is 42.5 Å². The zero-order chi connectivity index (χ0) is 14.1. The molecule has 0 amide bonds. The van der Waals surface area contributed by atoms with Gasteiger partial charge in [0.1, 0.15) is 11.0 Å². The number of carbonyl (C=O) groups excluding carboxylic acids is 1. The molecular weight excluding hydrogens is 256 g/mol. The van der Waals surface area contributed by atoms with Gasteiger partial charge in [0, 0.05) is 5.69 Å². The summed E-state index contributed by atoms with van der Waals surface area (Å²) in [5, 5.41) is 8.70. The van der Waals surface area contributed by atoms with Crippen molar-refractivity contribution in [2.75, 3.05) is 12.8 Å². The Kier molecular flexibility index (Phi) is 2.83. The van der Waals surface area contributed by atoms with E-state index in [4.69, 9.17) is 5.73 Å². The van der Waals surface area contributed by atoms with Gasteiger partial charge in [0.05, 0.1) is 18.4 Å².